The van der Waals surface area contributed by atoms with Gasteiger partial charge in [0.15, 0.2) is 16.5 Å². The van der Waals surface area contributed by atoms with Gasteiger partial charge in [0.05, 0.1) is 11.6 Å². The Morgan fingerprint density at radius 1 is 1.19 bits per heavy atom. The van der Waals surface area contributed by atoms with Gasteiger partial charge in [0.1, 0.15) is 16.6 Å². The predicted octanol–water partition coefficient (Wildman–Crippen LogP) is 2.42. The third-order valence-electron chi connectivity index (χ3n) is 6.46. The number of halogens is 2. The first-order valence-corrected chi connectivity index (χ1v) is 10.8. The van der Waals surface area contributed by atoms with Crippen molar-refractivity contribution >= 4 is 17.2 Å². The van der Waals surface area contributed by atoms with E-state index in [0.717, 1.165) is 23.8 Å². The highest BCUT2D eigenvalue weighted by Gasteiger charge is 2.56. The van der Waals surface area contributed by atoms with Gasteiger partial charge in [0.2, 0.25) is 5.43 Å². The molecule has 0 unspecified atom stereocenters. The number of hydrogen-bond acceptors (Lipinski definition) is 6. The maximum Gasteiger partial charge on any atom is 0.274 e. The molecule has 31 heavy (non-hydrogen) atoms. The van der Waals surface area contributed by atoms with Crippen molar-refractivity contribution in [3.63, 3.8) is 0 Å². The second-order valence-electron chi connectivity index (χ2n) is 8.32. The summed E-state index contributed by atoms with van der Waals surface area (Å²) < 4.78 is 28.7. The molecule has 1 aliphatic carbocycles. The summed E-state index contributed by atoms with van der Waals surface area (Å²) in [6, 6.07) is 3.40. The number of fused-ring (bicyclic) bond motifs is 4. The second kappa shape index (κ2) is 6.43. The van der Waals surface area contributed by atoms with E-state index in [9.17, 15) is 23.5 Å². The number of rotatable bonds is 3. The van der Waals surface area contributed by atoms with Crippen molar-refractivity contribution in [2.75, 3.05) is 6.54 Å². The molecule has 0 radical (unpaired) electrons. The van der Waals surface area contributed by atoms with E-state index in [2.05, 4.69) is 10.2 Å². The molecule has 1 saturated carbocycles. The van der Waals surface area contributed by atoms with Crippen LogP contribution in [0.25, 0.3) is 10.6 Å². The van der Waals surface area contributed by atoms with Gasteiger partial charge in [0.25, 0.3) is 5.91 Å². The van der Waals surface area contributed by atoms with E-state index < -0.39 is 22.8 Å². The maximum absolute atomic E-state index is 13.9. The van der Waals surface area contributed by atoms with Crippen molar-refractivity contribution in [1.82, 2.24) is 19.7 Å². The van der Waals surface area contributed by atoms with E-state index in [1.807, 2.05) is 0 Å². The van der Waals surface area contributed by atoms with E-state index >= 15 is 0 Å². The predicted molar refractivity (Wildman–Crippen MR) is 107 cm³/mol. The Bertz CT molecular complexity index is 1320. The van der Waals surface area contributed by atoms with Crippen LogP contribution >= 0.6 is 11.3 Å². The highest BCUT2D eigenvalue weighted by Crippen LogP contribution is 2.51. The summed E-state index contributed by atoms with van der Waals surface area (Å²) in [6.45, 7) is 1.21. The summed E-state index contributed by atoms with van der Waals surface area (Å²) in [7, 11) is 0. The van der Waals surface area contributed by atoms with Gasteiger partial charge < -0.3 is 14.6 Å². The summed E-state index contributed by atoms with van der Waals surface area (Å²) in [5.74, 6) is -1.22. The molecule has 0 spiro atoms. The summed E-state index contributed by atoms with van der Waals surface area (Å²) in [5, 5.41) is 19.3. The fourth-order valence-electron chi connectivity index (χ4n) is 4.81. The van der Waals surface area contributed by atoms with Crippen molar-refractivity contribution in [1.29, 1.82) is 0 Å². The molecule has 6 rings (SSSR count). The third kappa shape index (κ3) is 2.81. The van der Waals surface area contributed by atoms with Gasteiger partial charge in [0, 0.05) is 31.8 Å². The zero-order valence-electron chi connectivity index (χ0n) is 16.1. The Kier molecular flexibility index (Phi) is 3.86. The van der Waals surface area contributed by atoms with Crippen molar-refractivity contribution in [2.24, 2.45) is 11.8 Å². The molecular formula is C21H16F2N4O3S. The standard InChI is InChI=1S/C21H16F2N4O3S/c22-11-2-1-9(14(23)5-11)4-16-24-25-20(31-16)13-7-26-8-15-12-3-10(12)6-27(15)21(30)17(26)19(29)18(13)28/h1-2,5,7,10,12,15,29H,3-4,6,8H2/t10-,12-,15-/m1/s1. The van der Waals surface area contributed by atoms with Crippen LogP contribution in [0.15, 0.2) is 29.2 Å². The Hall–Kier alpha value is -3.14. The summed E-state index contributed by atoms with van der Waals surface area (Å²) >= 11 is 1.09. The van der Waals surface area contributed by atoms with Gasteiger partial charge >= 0.3 is 0 Å². The van der Waals surface area contributed by atoms with Crippen molar-refractivity contribution < 1.29 is 18.7 Å². The molecule has 2 fully saturated rings. The normalized spacial score (nSPS) is 23.5. The minimum Gasteiger partial charge on any atom is -0.503 e. The van der Waals surface area contributed by atoms with Gasteiger partial charge in [-0.1, -0.05) is 17.4 Å². The van der Waals surface area contributed by atoms with Crippen LogP contribution in [0, 0.1) is 23.5 Å². The lowest BCUT2D eigenvalue weighted by molar-refractivity contribution is 0.0622. The van der Waals surface area contributed by atoms with Gasteiger partial charge in [-0.25, -0.2) is 8.78 Å². The minimum absolute atomic E-state index is 0.0180. The van der Waals surface area contributed by atoms with E-state index in [-0.39, 0.29) is 40.2 Å². The topological polar surface area (TPSA) is 88.3 Å². The number of nitrogens with zero attached hydrogens (tertiary/aromatic N) is 4. The number of aromatic hydroxyl groups is 1. The molecule has 7 nitrogen and oxygen atoms in total. The van der Waals surface area contributed by atoms with Crippen LogP contribution in [0.4, 0.5) is 8.78 Å². The number of aromatic nitrogens is 3. The van der Waals surface area contributed by atoms with Crippen LogP contribution in [0.1, 0.15) is 27.5 Å². The summed E-state index contributed by atoms with van der Waals surface area (Å²) in [5.41, 5.74) is -0.251. The Balaban J connectivity index is 1.36. The molecule has 0 bridgehead atoms. The molecule has 10 heteroatoms. The molecule has 3 aliphatic rings. The Morgan fingerprint density at radius 3 is 2.84 bits per heavy atom. The zero-order valence-corrected chi connectivity index (χ0v) is 16.9. The van der Waals surface area contributed by atoms with Gasteiger partial charge in [-0.2, -0.15) is 0 Å². The fraction of sp³-hybridized carbons (Fsp3) is 0.333. The molecular weight excluding hydrogens is 426 g/mol. The highest BCUT2D eigenvalue weighted by atomic mass is 32.1. The number of pyridine rings is 1. The molecule has 1 amide bonds. The monoisotopic (exact) mass is 442 g/mol. The number of carbonyl (C=O) groups is 1. The number of benzene rings is 1. The molecule has 158 valence electrons. The maximum atomic E-state index is 13.9. The third-order valence-corrected chi connectivity index (χ3v) is 7.42. The fourth-order valence-corrected chi connectivity index (χ4v) is 5.68. The molecule has 1 aromatic carbocycles. The highest BCUT2D eigenvalue weighted by molar-refractivity contribution is 7.14. The van der Waals surface area contributed by atoms with Gasteiger partial charge in [-0.3, -0.25) is 9.59 Å². The molecule has 1 saturated heterocycles. The lowest BCUT2D eigenvalue weighted by atomic mass is 10.1. The number of hydrogen-bond donors (Lipinski definition) is 1. The SMILES string of the molecule is O=C1c2c(O)c(=O)c(-c3nnc(Cc4ccc(F)cc4F)s3)cn2C[C@@H]2[C@@H]3C[C@@H]3CN12. The van der Waals surface area contributed by atoms with Gasteiger partial charge in [-0.15, -0.1) is 10.2 Å². The van der Waals surface area contributed by atoms with Crippen molar-refractivity contribution in [3.05, 3.63) is 62.5 Å². The lowest BCUT2D eigenvalue weighted by Crippen LogP contribution is -2.47. The van der Waals surface area contributed by atoms with Crippen LogP contribution < -0.4 is 5.43 Å². The number of amides is 1. The van der Waals surface area contributed by atoms with Crippen LogP contribution in [-0.4, -0.2) is 43.3 Å². The molecule has 2 aliphatic heterocycles. The Morgan fingerprint density at radius 2 is 2.03 bits per heavy atom. The van der Waals surface area contributed by atoms with Crippen LogP contribution in [-0.2, 0) is 13.0 Å². The van der Waals surface area contributed by atoms with Crippen molar-refractivity contribution in [3.8, 4) is 16.3 Å². The van der Waals surface area contributed by atoms with E-state index in [0.29, 0.717) is 29.9 Å². The van der Waals surface area contributed by atoms with Crippen LogP contribution in [0.3, 0.4) is 0 Å². The van der Waals surface area contributed by atoms with Gasteiger partial charge in [-0.05, 0) is 29.9 Å². The van der Waals surface area contributed by atoms with E-state index in [4.69, 9.17) is 0 Å². The summed E-state index contributed by atoms with van der Waals surface area (Å²) in [4.78, 5) is 27.5. The first-order valence-electron chi connectivity index (χ1n) is 9.94. The van der Waals surface area contributed by atoms with Crippen LogP contribution in [0.5, 0.6) is 5.75 Å². The first kappa shape index (κ1) is 18.6. The quantitative estimate of drug-likeness (QED) is 0.673. The van der Waals surface area contributed by atoms with E-state index in [1.54, 1.807) is 15.7 Å². The molecule has 1 N–H and O–H groups in total. The first-order chi connectivity index (χ1) is 14.9. The van der Waals surface area contributed by atoms with Crippen molar-refractivity contribution in [2.45, 2.75) is 25.4 Å². The molecule has 3 aromatic rings. The van der Waals surface area contributed by atoms with Crippen LogP contribution in [0.2, 0.25) is 0 Å². The van der Waals surface area contributed by atoms with E-state index in [1.165, 1.54) is 12.1 Å². The zero-order chi connectivity index (χ0) is 21.4. The molecule has 4 heterocycles. The average Bonchev–Trinajstić information content (AvgIpc) is 3.19. The second-order valence-corrected chi connectivity index (χ2v) is 9.38. The lowest BCUT2D eigenvalue weighted by Gasteiger charge is -2.34. The minimum atomic E-state index is -0.682. The number of carbonyl (C=O) groups excluding carboxylic acids is 1. The smallest absolute Gasteiger partial charge is 0.274 e. The molecule has 3 atom stereocenters. The summed E-state index contributed by atoms with van der Waals surface area (Å²) in [6.07, 6.45) is 2.77. The Labute approximate surface area is 178 Å². The average molecular weight is 442 g/mol. The number of piperidine rings is 1. The largest absolute Gasteiger partial charge is 0.503 e. The molecule has 2 aromatic heterocycles.